The van der Waals surface area contributed by atoms with Crippen molar-refractivity contribution in [2.75, 3.05) is 0 Å². The number of benzene rings is 2. The van der Waals surface area contributed by atoms with Crippen LogP contribution >= 0.6 is 0 Å². The van der Waals surface area contributed by atoms with E-state index in [2.05, 4.69) is 17.6 Å². The highest BCUT2D eigenvalue weighted by molar-refractivity contribution is 5.96. The Hall–Kier alpha value is -2.13. The van der Waals surface area contributed by atoms with Gasteiger partial charge in [0.15, 0.2) is 0 Å². The minimum atomic E-state index is -0.253. The fourth-order valence-electron chi connectivity index (χ4n) is 2.35. The molecule has 1 amide bonds. The average molecular weight is 224 g/mol. The Morgan fingerprint density at radius 2 is 1.82 bits per heavy atom. The number of nitrogens with two attached hydrogens (primary N) is 1. The minimum absolute atomic E-state index is 0.253. The molecular weight excluding hydrogens is 212 g/mol. The standard InChI is InChI=1S/C14H12N2O/c15-16-14(17)11-6-5-10-7-9-3-1-2-4-12(9)13(10)8-11/h1-6,8H,7,15H2,(H,16,17). The summed E-state index contributed by atoms with van der Waals surface area (Å²) >= 11 is 0. The summed E-state index contributed by atoms with van der Waals surface area (Å²) in [5.74, 6) is 4.89. The van der Waals surface area contributed by atoms with Crippen molar-refractivity contribution in [3.8, 4) is 11.1 Å². The second-order valence-electron chi connectivity index (χ2n) is 4.18. The maximum Gasteiger partial charge on any atom is 0.265 e. The summed E-state index contributed by atoms with van der Waals surface area (Å²) < 4.78 is 0. The van der Waals surface area contributed by atoms with Gasteiger partial charge >= 0.3 is 0 Å². The molecule has 2 aromatic rings. The highest BCUT2D eigenvalue weighted by atomic mass is 16.2. The molecule has 3 rings (SSSR count). The summed E-state index contributed by atoms with van der Waals surface area (Å²) in [6.45, 7) is 0. The summed E-state index contributed by atoms with van der Waals surface area (Å²) in [5, 5.41) is 0. The molecule has 0 spiro atoms. The predicted octanol–water partition coefficient (Wildman–Crippen LogP) is 1.86. The second-order valence-corrected chi connectivity index (χ2v) is 4.18. The zero-order valence-corrected chi connectivity index (χ0v) is 9.23. The summed E-state index contributed by atoms with van der Waals surface area (Å²) in [6.07, 6.45) is 0.941. The van der Waals surface area contributed by atoms with Gasteiger partial charge in [-0.2, -0.15) is 0 Å². The third-order valence-corrected chi connectivity index (χ3v) is 3.19. The summed E-state index contributed by atoms with van der Waals surface area (Å²) in [4.78, 5) is 11.5. The topological polar surface area (TPSA) is 55.1 Å². The van der Waals surface area contributed by atoms with Crippen molar-refractivity contribution in [3.05, 3.63) is 59.2 Å². The summed E-state index contributed by atoms with van der Waals surface area (Å²) in [7, 11) is 0. The molecular formula is C14H12N2O. The van der Waals surface area contributed by atoms with Gasteiger partial charge in [0.2, 0.25) is 0 Å². The molecule has 1 aliphatic carbocycles. The quantitative estimate of drug-likeness (QED) is 0.376. The van der Waals surface area contributed by atoms with Crippen molar-refractivity contribution in [2.24, 2.45) is 5.84 Å². The molecule has 3 nitrogen and oxygen atoms in total. The van der Waals surface area contributed by atoms with Crippen molar-refractivity contribution >= 4 is 5.91 Å². The van der Waals surface area contributed by atoms with E-state index in [9.17, 15) is 4.79 Å². The molecule has 0 heterocycles. The van der Waals surface area contributed by atoms with E-state index in [1.165, 1.54) is 16.7 Å². The zero-order chi connectivity index (χ0) is 11.8. The Labute approximate surface area is 99.2 Å². The Morgan fingerprint density at radius 3 is 2.65 bits per heavy atom. The van der Waals surface area contributed by atoms with Crippen LogP contribution in [0, 0.1) is 0 Å². The van der Waals surface area contributed by atoms with Crippen molar-refractivity contribution in [2.45, 2.75) is 6.42 Å². The Morgan fingerprint density at radius 1 is 1.06 bits per heavy atom. The van der Waals surface area contributed by atoms with Crippen molar-refractivity contribution in [3.63, 3.8) is 0 Å². The molecule has 0 atom stereocenters. The number of carbonyl (C=O) groups excluding carboxylic acids is 1. The molecule has 17 heavy (non-hydrogen) atoms. The number of carbonyl (C=O) groups is 1. The van der Waals surface area contributed by atoms with E-state index in [-0.39, 0.29) is 5.91 Å². The average Bonchev–Trinajstić information content (AvgIpc) is 2.75. The summed E-state index contributed by atoms with van der Waals surface area (Å²) in [5.41, 5.74) is 7.69. The van der Waals surface area contributed by atoms with Crippen molar-refractivity contribution in [1.82, 2.24) is 5.43 Å². The number of rotatable bonds is 1. The molecule has 1 aliphatic rings. The molecule has 3 heteroatoms. The predicted molar refractivity (Wildman–Crippen MR) is 66.3 cm³/mol. The normalized spacial score (nSPS) is 11.8. The number of hydrogen-bond donors (Lipinski definition) is 2. The van der Waals surface area contributed by atoms with Gasteiger partial charge in [0.05, 0.1) is 0 Å². The highest BCUT2D eigenvalue weighted by Crippen LogP contribution is 2.36. The van der Waals surface area contributed by atoms with E-state index in [1.807, 2.05) is 30.3 Å². The van der Waals surface area contributed by atoms with Crippen LogP contribution in [0.1, 0.15) is 21.5 Å². The number of amides is 1. The van der Waals surface area contributed by atoms with Gasteiger partial charge in [-0.15, -0.1) is 0 Å². The van der Waals surface area contributed by atoms with Crippen LogP contribution in [0.25, 0.3) is 11.1 Å². The monoisotopic (exact) mass is 224 g/mol. The fraction of sp³-hybridized carbons (Fsp3) is 0.0714. The molecule has 3 N–H and O–H groups in total. The molecule has 0 unspecified atom stereocenters. The molecule has 0 aromatic heterocycles. The van der Waals surface area contributed by atoms with Crippen molar-refractivity contribution in [1.29, 1.82) is 0 Å². The van der Waals surface area contributed by atoms with Crippen LogP contribution in [0.5, 0.6) is 0 Å². The van der Waals surface area contributed by atoms with Gasteiger partial charge in [-0.05, 0) is 40.8 Å². The second kappa shape index (κ2) is 3.71. The lowest BCUT2D eigenvalue weighted by atomic mass is 10.0. The molecule has 0 saturated heterocycles. The fourth-order valence-corrected chi connectivity index (χ4v) is 2.35. The minimum Gasteiger partial charge on any atom is -0.290 e. The maximum absolute atomic E-state index is 11.5. The van der Waals surface area contributed by atoms with Gasteiger partial charge < -0.3 is 0 Å². The first kappa shape index (κ1) is 10.1. The highest BCUT2D eigenvalue weighted by Gasteiger charge is 2.18. The third-order valence-electron chi connectivity index (χ3n) is 3.19. The van der Waals surface area contributed by atoms with Gasteiger partial charge in [-0.3, -0.25) is 10.2 Å². The number of fused-ring (bicyclic) bond motifs is 3. The van der Waals surface area contributed by atoms with E-state index in [1.54, 1.807) is 0 Å². The maximum atomic E-state index is 11.5. The molecule has 0 aliphatic heterocycles. The van der Waals surface area contributed by atoms with Crippen molar-refractivity contribution < 1.29 is 4.79 Å². The van der Waals surface area contributed by atoms with E-state index < -0.39 is 0 Å². The third kappa shape index (κ3) is 1.52. The van der Waals surface area contributed by atoms with Crippen LogP contribution in [0.2, 0.25) is 0 Å². The van der Waals surface area contributed by atoms with Gasteiger partial charge in [-0.1, -0.05) is 30.3 Å². The first-order chi connectivity index (χ1) is 8.29. The summed E-state index contributed by atoms with van der Waals surface area (Å²) in [6, 6.07) is 14.0. The van der Waals surface area contributed by atoms with Crippen LogP contribution in [0.3, 0.4) is 0 Å². The Balaban J connectivity index is 2.15. The lowest BCUT2D eigenvalue weighted by molar-refractivity contribution is 0.0953. The smallest absolute Gasteiger partial charge is 0.265 e. The van der Waals surface area contributed by atoms with Gasteiger partial charge in [0.1, 0.15) is 0 Å². The molecule has 2 aromatic carbocycles. The van der Waals surface area contributed by atoms with E-state index >= 15 is 0 Å². The number of hydrazine groups is 1. The number of hydrogen-bond acceptors (Lipinski definition) is 2. The van der Waals surface area contributed by atoms with E-state index in [0.29, 0.717) is 5.56 Å². The SMILES string of the molecule is NNC(=O)c1ccc2c(c1)-c1ccccc1C2. The molecule has 0 radical (unpaired) electrons. The largest absolute Gasteiger partial charge is 0.290 e. The Kier molecular flexibility index (Phi) is 2.20. The Bertz CT molecular complexity index is 605. The molecule has 0 saturated carbocycles. The number of nitrogens with one attached hydrogen (secondary N) is 1. The first-order valence-electron chi connectivity index (χ1n) is 5.52. The molecule has 84 valence electrons. The first-order valence-corrected chi connectivity index (χ1v) is 5.52. The van der Waals surface area contributed by atoms with Crippen LogP contribution in [0.15, 0.2) is 42.5 Å². The van der Waals surface area contributed by atoms with Crippen LogP contribution in [-0.4, -0.2) is 5.91 Å². The van der Waals surface area contributed by atoms with Crippen LogP contribution < -0.4 is 11.3 Å². The number of nitrogen functional groups attached to an aromatic ring is 1. The van der Waals surface area contributed by atoms with Gasteiger partial charge in [0, 0.05) is 5.56 Å². The van der Waals surface area contributed by atoms with E-state index in [4.69, 9.17) is 5.84 Å². The van der Waals surface area contributed by atoms with Crippen LogP contribution in [-0.2, 0) is 6.42 Å². The molecule has 0 fully saturated rings. The van der Waals surface area contributed by atoms with Gasteiger partial charge in [-0.25, -0.2) is 5.84 Å². The lowest BCUT2D eigenvalue weighted by Crippen LogP contribution is -2.29. The van der Waals surface area contributed by atoms with Gasteiger partial charge in [0.25, 0.3) is 5.91 Å². The van der Waals surface area contributed by atoms with Crippen LogP contribution in [0.4, 0.5) is 0 Å². The lowest BCUT2D eigenvalue weighted by Gasteiger charge is -2.04. The molecule has 0 bridgehead atoms. The van der Waals surface area contributed by atoms with E-state index in [0.717, 1.165) is 12.0 Å². The zero-order valence-electron chi connectivity index (χ0n) is 9.23.